The lowest BCUT2D eigenvalue weighted by molar-refractivity contribution is 0.249. The molecule has 1 saturated heterocycles. The molecule has 0 spiro atoms. The Morgan fingerprint density at radius 2 is 1.72 bits per heavy atom. The monoisotopic (exact) mass is 583 g/mol. The van der Waals surface area contributed by atoms with Gasteiger partial charge in [0, 0.05) is 3.57 Å². The summed E-state index contributed by atoms with van der Waals surface area (Å²) in [6.07, 6.45) is 3.77. The fourth-order valence-electron chi connectivity index (χ4n) is 2.16. The van der Waals surface area contributed by atoms with E-state index in [1.807, 2.05) is 0 Å². The topological polar surface area (TPSA) is 21.3 Å². The Kier molecular flexibility index (Phi) is 6.76. The summed E-state index contributed by atoms with van der Waals surface area (Å²) in [6.45, 7) is 3.18. The molecule has 0 radical (unpaired) electrons. The van der Waals surface area contributed by atoms with E-state index in [1.54, 1.807) is 0 Å². The zero-order chi connectivity index (χ0) is 13.0. The molecule has 1 aliphatic heterocycles. The first-order chi connectivity index (χ1) is 8.66. The van der Waals surface area contributed by atoms with Gasteiger partial charge in [0.05, 0.1) is 13.7 Å². The number of piperidine rings is 1. The minimum atomic E-state index is 0.838. The van der Waals surface area contributed by atoms with Crippen molar-refractivity contribution in [1.29, 1.82) is 0 Å². The SMILES string of the molecule is Ic1cc(I)c(OCCC2CCNCC2)c(I)c1. The number of benzene rings is 1. The second-order valence-corrected chi connectivity index (χ2v) is 8.10. The summed E-state index contributed by atoms with van der Waals surface area (Å²) < 4.78 is 9.69. The van der Waals surface area contributed by atoms with Crippen molar-refractivity contribution >= 4 is 67.8 Å². The van der Waals surface area contributed by atoms with Gasteiger partial charge in [-0.3, -0.25) is 0 Å². The van der Waals surface area contributed by atoms with Crippen LogP contribution in [0.3, 0.4) is 0 Å². The van der Waals surface area contributed by atoms with Crippen LogP contribution in [0.4, 0.5) is 0 Å². The zero-order valence-electron chi connectivity index (χ0n) is 10.0. The molecular formula is C13H16I3NO. The van der Waals surface area contributed by atoms with Gasteiger partial charge in [-0.2, -0.15) is 0 Å². The molecule has 0 atom stereocenters. The largest absolute Gasteiger partial charge is 0.491 e. The van der Waals surface area contributed by atoms with Crippen LogP contribution in [0.1, 0.15) is 19.3 Å². The second kappa shape index (κ2) is 7.82. The van der Waals surface area contributed by atoms with Crippen LogP contribution in [-0.2, 0) is 0 Å². The first kappa shape index (κ1) is 15.6. The highest BCUT2D eigenvalue weighted by Crippen LogP contribution is 2.30. The molecule has 2 rings (SSSR count). The standard InChI is InChI=1S/C13H16I3NO/c14-10-7-11(15)13(12(16)8-10)18-6-3-9-1-4-17-5-2-9/h7-9,17H,1-6H2. The van der Waals surface area contributed by atoms with Gasteiger partial charge in [-0.15, -0.1) is 0 Å². The van der Waals surface area contributed by atoms with E-state index in [2.05, 4.69) is 85.2 Å². The Labute approximate surface area is 149 Å². The van der Waals surface area contributed by atoms with Crippen molar-refractivity contribution < 1.29 is 4.74 Å². The van der Waals surface area contributed by atoms with Crippen LogP contribution in [0.25, 0.3) is 0 Å². The van der Waals surface area contributed by atoms with Crippen LogP contribution >= 0.6 is 67.8 Å². The highest BCUT2D eigenvalue weighted by Gasteiger charge is 2.14. The molecule has 2 nitrogen and oxygen atoms in total. The maximum absolute atomic E-state index is 5.99. The van der Waals surface area contributed by atoms with Crippen molar-refractivity contribution in [3.8, 4) is 5.75 Å². The third kappa shape index (κ3) is 4.62. The molecule has 0 aliphatic carbocycles. The summed E-state index contributed by atoms with van der Waals surface area (Å²) in [5.74, 6) is 1.90. The Bertz CT molecular complexity index is 382. The second-order valence-electron chi connectivity index (χ2n) is 4.53. The van der Waals surface area contributed by atoms with Gasteiger partial charge in [0.1, 0.15) is 5.75 Å². The van der Waals surface area contributed by atoms with Crippen LogP contribution < -0.4 is 10.1 Å². The Hall–Kier alpha value is 1.17. The van der Waals surface area contributed by atoms with Gasteiger partial charge in [0.15, 0.2) is 0 Å². The fourth-order valence-corrected chi connectivity index (χ4v) is 6.06. The van der Waals surface area contributed by atoms with Crippen LogP contribution in [0.2, 0.25) is 0 Å². The molecule has 100 valence electrons. The highest BCUT2D eigenvalue weighted by atomic mass is 127. The van der Waals surface area contributed by atoms with Crippen molar-refractivity contribution in [3.63, 3.8) is 0 Å². The minimum absolute atomic E-state index is 0.838. The molecule has 1 aromatic carbocycles. The molecule has 5 heteroatoms. The summed E-state index contributed by atoms with van der Waals surface area (Å²) in [5.41, 5.74) is 0. The van der Waals surface area contributed by atoms with E-state index in [9.17, 15) is 0 Å². The van der Waals surface area contributed by atoms with E-state index in [-0.39, 0.29) is 0 Å². The van der Waals surface area contributed by atoms with Crippen LogP contribution in [-0.4, -0.2) is 19.7 Å². The van der Waals surface area contributed by atoms with Crippen LogP contribution in [0, 0.1) is 16.6 Å². The van der Waals surface area contributed by atoms with Crippen molar-refractivity contribution in [2.24, 2.45) is 5.92 Å². The van der Waals surface area contributed by atoms with Crippen LogP contribution in [0.15, 0.2) is 12.1 Å². The Morgan fingerprint density at radius 1 is 1.11 bits per heavy atom. The molecule has 1 aliphatic rings. The fraction of sp³-hybridized carbons (Fsp3) is 0.538. The lowest BCUT2D eigenvalue weighted by atomic mass is 9.95. The predicted molar refractivity (Wildman–Crippen MR) is 100 cm³/mol. The Morgan fingerprint density at radius 3 is 2.33 bits per heavy atom. The van der Waals surface area contributed by atoms with Gasteiger partial charge >= 0.3 is 0 Å². The van der Waals surface area contributed by atoms with E-state index in [1.165, 1.54) is 43.1 Å². The normalized spacial score (nSPS) is 16.8. The van der Waals surface area contributed by atoms with Crippen molar-refractivity contribution in [2.75, 3.05) is 19.7 Å². The summed E-state index contributed by atoms with van der Waals surface area (Å²) in [5, 5.41) is 3.40. The van der Waals surface area contributed by atoms with Gasteiger partial charge in [0.25, 0.3) is 0 Å². The van der Waals surface area contributed by atoms with Crippen molar-refractivity contribution in [1.82, 2.24) is 5.32 Å². The molecule has 0 amide bonds. The molecule has 1 aromatic rings. The van der Waals surface area contributed by atoms with Gasteiger partial charge < -0.3 is 10.1 Å². The van der Waals surface area contributed by atoms with Crippen molar-refractivity contribution in [2.45, 2.75) is 19.3 Å². The summed E-state index contributed by atoms with van der Waals surface area (Å²) in [6, 6.07) is 4.34. The average molecular weight is 583 g/mol. The summed E-state index contributed by atoms with van der Waals surface area (Å²) in [4.78, 5) is 0. The molecule has 0 bridgehead atoms. The number of ether oxygens (including phenoxy) is 1. The molecule has 0 aromatic heterocycles. The van der Waals surface area contributed by atoms with Crippen LogP contribution in [0.5, 0.6) is 5.75 Å². The van der Waals surface area contributed by atoms with Gasteiger partial charge in [-0.05, 0) is 118 Å². The molecule has 1 N–H and O–H groups in total. The predicted octanol–water partition coefficient (Wildman–Crippen LogP) is 4.27. The lowest BCUT2D eigenvalue weighted by Gasteiger charge is -2.22. The number of halogens is 3. The van der Waals surface area contributed by atoms with E-state index in [4.69, 9.17) is 4.74 Å². The molecule has 1 fully saturated rings. The number of rotatable bonds is 4. The molecule has 0 unspecified atom stereocenters. The minimum Gasteiger partial charge on any atom is -0.491 e. The Balaban J connectivity index is 1.86. The maximum atomic E-state index is 5.99. The molecule has 1 heterocycles. The summed E-state index contributed by atoms with van der Waals surface area (Å²) >= 11 is 7.07. The molecular weight excluding hydrogens is 567 g/mol. The molecule has 0 saturated carbocycles. The molecule has 18 heavy (non-hydrogen) atoms. The van der Waals surface area contributed by atoms with E-state index < -0.39 is 0 Å². The van der Waals surface area contributed by atoms with Gasteiger partial charge in [-0.1, -0.05) is 0 Å². The average Bonchev–Trinajstić information content (AvgIpc) is 2.34. The van der Waals surface area contributed by atoms with E-state index in [0.717, 1.165) is 18.3 Å². The van der Waals surface area contributed by atoms with E-state index >= 15 is 0 Å². The van der Waals surface area contributed by atoms with Gasteiger partial charge in [0.2, 0.25) is 0 Å². The third-order valence-electron chi connectivity index (χ3n) is 3.19. The number of hydrogen-bond donors (Lipinski definition) is 1. The van der Waals surface area contributed by atoms with E-state index in [0.29, 0.717) is 0 Å². The quantitative estimate of drug-likeness (QED) is 0.536. The summed E-state index contributed by atoms with van der Waals surface area (Å²) in [7, 11) is 0. The first-order valence-electron chi connectivity index (χ1n) is 6.15. The zero-order valence-corrected chi connectivity index (χ0v) is 16.5. The first-order valence-corrected chi connectivity index (χ1v) is 9.38. The maximum Gasteiger partial charge on any atom is 0.145 e. The smallest absolute Gasteiger partial charge is 0.145 e. The number of hydrogen-bond acceptors (Lipinski definition) is 2. The lowest BCUT2D eigenvalue weighted by Crippen LogP contribution is -2.28. The third-order valence-corrected chi connectivity index (χ3v) is 5.42. The highest BCUT2D eigenvalue weighted by molar-refractivity contribution is 14.1. The number of nitrogens with one attached hydrogen (secondary N) is 1. The van der Waals surface area contributed by atoms with Gasteiger partial charge in [-0.25, -0.2) is 0 Å². The van der Waals surface area contributed by atoms with Crippen molar-refractivity contribution in [3.05, 3.63) is 22.8 Å².